The number of nitriles is 1. The van der Waals surface area contributed by atoms with Crippen molar-refractivity contribution < 1.29 is 4.74 Å². The maximum atomic E-state index is 9.17. The summed E-state index contributed by atoms with van der Waals surface area (Å²) in [5.74, 6) is 2.53. The summed E-state index contributed by atoms with van der Waals surface area (Å²) in [6, 6.07) is 4.22. The largest absolute Gasteiger partial charge is 0.379 e. The van der Waals surface area contributed by atoms with Crippen molar-refractivity contribution in [3.8, 4) is 6.07 Å². The van der Waals surface area contributed by atoms with Crippen molar-refractivity contribution in [3.63, 3.8) is 0 Å². The molecule has 4 rings (SSSR count). The first kappa shape index (κ1) is 19.1. The minimum absolute atomic E-state index is 0.399. The Morgan fingerprint density at radius 3 is 2.79 bits per heavy atom. The molecule has 2 saturated heterocycles. The van der Waals surface area contributed by atoms with Crippen molar-refractivity contribution in [2.75, 3.05) is 39.4 Å². The fourth-order valence-electron chi connectivity index (χ4n) is 4.31. The predicted molar refractivity (Wildman–Crippen MR) is 105 cm³/mol. The summed E-state index contributed by atoms with van der Waals surface area (Å²) in [5.41, 5.74) is 2.80. The highest BCUT2D eigenvalue weighted by Gasteiger charge is 2.27. The Hall–Kier alpha value is -2.21. The second-order valence-electron chi connectivity index (χ2n) is 7.94. The maximum absolute atomic E-state index is 9.17. The molecule has 0 bridgehead atoms. The van der Waals surface area contributed by atoms with Crippen LogP contribution in [0.25, 0.3) is 0 Å². The Morgan fingerprint density at radius 2 is 2.04 bits per heavy atom. The molecule has 28 heavy (non-hydrogen) atoms. The Labute approximate surface area is 166 Å². The van der Waals surface area contributed by atoms with Crippen molar-refractivity contribution in [2.24, 2.45) is 7.05 Å². The van der Waals surface area contributed by atoms with E-state index in [-0.39, 0.29) is 0 Å². The molecular formula is C20H29N7O. The van der Waals surface area contributed by atoms with Gasteiger partial charge in [-0.3, -0.25) is 9.80 Å². The van der Waals surface area contributed by atoms with E-state index < -0.39 is 0 Å². The van der Waals surface area contributed by atoms with Gasteiger partial charge >= 0.3 is 0 Å². The van der Waals surface area contributed by atoms with Crippen LogP contribution in [0.5, 0.6) is 0 Å². The summed E-state index contributed by atoms with van der Waals surface area (Å²) in [5, 5.41) is 18.2. The van der Waals surface area contributed by atoms with E-state index in [0.29, 0.717) is 5.92 Å². The second kappa shape index (κ2) is 8.43. The molecule has 0 aromatic carbocycles. The number of likely N-dealkylation sites (tertiary alicyclic amines) is 1. The second-order valence-corrected chi connectivity index (χ2v) is 7.94. The zero-order valence-electron chi connectivity index (χ0n) is 16.8. The molecule has 2 fully saturated rings. The molecule has 1 atom stereocenters. The van der Waals surface area contributed by atoms with Gasteiger partial charge in [-0.1, -0.05) is 0 Å². The molecule has 4 heterocycles. The smallest absolute Gasteiger partial charge is 0.146 e. The molecule has 2 aromatic heterocycles. The fourth-order valence-corrected chi connectivity index (χ4v) is 4.31. The van der Waals surface area contributed by atoms with Gasteiger partial charge in [0.05, 0.1) is 25.3 Å². The lowest BCUT2D eigenvalue weighted by Crippen LogP contribution is -2.36. The molecule has 1 N–H and O–H groups in total. The van der Waals surface area contributed by atoms with E-state index >= 15 is 0 Å². The van der Waals surface area contributed by atoms with Crippen LogP contribution in [0.2, 0.25) is 0 Å². The molecule has 8 nitrogen and oxygen atoms in total. The van der Waals surface area contributed by atoms with Crippen molar-refractivity contribution in [3.05, 3.63) is 34.7 Å². The zero-order chi connectivity index (χ0) is 19.5. The van der Waals surface area contributed by atoms with E-state index in [2.05, 4.69) is 42.7 Å². The molecular weight excluding hydrogens is 354 g/mol. The molecule has 2 aliphatic heterocycles. The number of H-pyrrole nitrogens is 1. The molecule has 0 amide bonds. The molecule has 2 aliphatic rings. The third-order valence-electron chi connectivity index (χ3n) is 5.92. The Morgan fingerprint density at radius 1 is 1.21 bits per heavy atom. The minimum Gasteiger partial charge on any atom is -0.379 e. The number of nitrogens with zero attached hydrogens (tertiary/aromatic N) is 6. The van der Waals surface area contributed by atoms with Gasteiger partial charge in [0.25, 0.3) is 0 Å². The van der Waals surface area contributed by atoms with Crippen molar-refractivity contribution in [1.29, 1.82) is 5.26 Å². The first-order valence-electron chi connectivity index (χ1n) is 10.1. The van der Waals surface area contributed by atoms with Gasteiger partial charge in [0, 0.05) is 50.5 Å². The van der Waals surface area contributed by atoms with Gasteiger partial charge in [-0.05, 0) is 32.4 Å². The van der Waals surface area contributed by atoms with E-state index in [1.165, 1.54) is 0 Å². The average Bonchev–Trinajstić information content (AvgIpc) is 3.25. The number of aryl methyl sites for hydroxylation is 1. The number of hydrogen-bond donors (Lipinski definition) is 1. The van der Waals surface area contributed by atoms with Crippen LogP contribution in [0, 0.1) is 18.3 Å². The van der Waals surface area contributed by atoms with Gasteiger partial charge in [0.15, 0.2) is 0 Å². The zero-order valence-corrected chi connectivity index (χ0v) is 16.8. The van der Waals surface area contributed by atoms with Gasteiger partial charge in [-0.2, -0.15) is 5.26 Å². The molecule has 0 unspecified atom stereocenters. The summed E-state index contributed by atoms with van der Waals surface area (Å²) in [6.45, 7) is 9.20. The van der Waals surface area contributed by atoms with Gasteiger partial charge in [-0.15, -0.1) is 10.2 Å². The Balaban J connectivity index is 1.40. The fraction of sp³-hybridized carbons (Fsp3) is 0.650. The lowest BCUT2D eigenvalue weighted by molar-refractivity contribution is 0.0326. The van der Waals surface area contributed by atoms with Gasteiger partial charge in [-0.25, -0.2) is 0 Å². The number of piperidine rings is 1. The van der Waals surface area contributed by atoms with E-state index in [0.717, 1.165) is 93.9 Å². The number of ether oxygens (including phenoxy) is 1. The average molecular weight is 384 g/mol. The highest BCUT2D eigenvalue weighted by Crippen LogP contribution is 2.27. The highest BCUT2D eigenvalue weighted by atomic mass is 16.5. The summed E-state index contributed by atoms with van der Waals surface area (Å²) in [4.78, 5) is 8.18. The molecule has 0 spiro atoms. The number of aromatic nitrogens is 4. The quantitative estimate of drug-likeness (QED) is 0.843. The Kier molecular flexibility index (Phi) is 5.76. The topological polar surface area (TPSA) is 86.0 Å². The first-order chi connectivity index (χ1) is 13.6. The number of nitrogens with one attached hydrogen (secondary N) is 1. The molecule has 150 valence electrons. The molecule has 8 heteroatoms. The lowest BCUT2D eigenvalue weighted by atomic mass is 9.97. The molecule has 0 aliphatic carbocycles. The van der Waals surface area contributed by atoms with Gasteiger partial charge in [0.2, 0.25) is 0 Å². The van der Waals surface area contributed by atoms with E-state index in [4.69, 9.17) is 10.00 Å². The van der Waals surface area contributed by atoms with Gasteiger partial charge < -0.3 is 14.3 Å². The van der Waals surface area contributed by atoms with Crippen LogP contribution in [-0.2, 0) is 24.9 Å². The SMILES string of the molecule is Cc1[nH]c(CN2CCC[C@@H](c3nnc(CN4CCOCC4)n3C)C2)cc1C#N. The van der Waals surface area contributed by atoms with E-state index in [1.54, 1.807) is 0 Å². The molecule has 0 saturated carbocycles. The normalized spacial score (nSPS) is 21.7. The van der Waals surface area contributed by atoms with Crippen LogP contribution >= 0.6 is 0 Å². The van der Waals surface area contributed by atoms with Gasteiger partial charge in [0.1, 0.15) is 17.7 Å². The standard InChI is InChI=1S/C20H29N7O/c1-15-17(11-21)10-18(22-15)13-27-5-3-4-16(12-27)20-24-23-19(25(20)2)14-26-6-8-28-9-7-26/h10,16,22H,3-9,12-14H2,1-2H3/t16-/m1/s1. The Bertz CT molecular complexity index is 843. The molecule has 0 radical (unpaired) electrons. The summed E-state index contributed by atoms with van der Waals surface area (Å²) < 4.78 is 7.62. The minimum atomic E-state index is 0.399. The van der Waals surface area contributed by atoms with Crippen LogP contribution in [-0.4, -0.2) is 68.9 Å². The third-order valence-corrected chi connectivity index (χ3v) is 5.92. The predicted octanol–water partition coefficient (Wildman–Crippen LogP) is 1.54. The monoisotopic (exact) mass is 383 g/mol. The summed E-state index contributed by atoms with van der Waals surface area (Å²) in [7, 11) is 2.09. The third kappa shape index (κ3) is 4.12. The first-order valence-corrected chi connectivity index (χ1v) is 10.1. The number of rotatable bonds is 5. The van der Waals surface area contributed by atoms with E-state index in [9.17, 15) is 0 Å². The molecule has 2 aromatic rings. The van der Waals surface area contributed by atoms with Crippen molar-refractivity contribution >= 4 is 0 Å². The van der Waals surface area contributed by atoms with Crippen molar-refractivity contribution in [2.45, 2.75) is 38.8 Å². The maximum Gasteiger partial charge on any atom is 0.146 e. The van der Waals surface area contributed by atoms with Crippen LogP contribution < -0.4 is 0 Å². The highest BCUT2D eigenvalue weighted by molar-refractivity contribution is 5.35. The summed E-state index contributed by atoms with van der Waals surface area (Å²) >= 11 is 0. The lowest BCUT2D eigenvalue weighted by Gasteiger charge is -2.32. The van der Waals surface area contributed by atoms with Crippen LogP contribution in [0.1, 0.15) is 47.4 Å². The number of morpholine rings is 1. The van der Waals surface area contributed by atoms with Crippen LogP contribution in [0.4, 0.5) is 0 Å². The summed E-state index contributed by atoms with van der Waals surface area (Å²) in [6.07, 6.45) is 2.30. The van der Waals surface area contributed by atoms with Crippen LogP contribution in [0.3, 0.4) is 0 Å². The number of aromatic amines is 1. The van der Waals surface area contributed by atoms with E-state index in [1.807, 2.05) is 13.0 Å². The number of hydrogen-bond acceptors (Lipinski definition) is 6. The van der Waals surface area contributed by atoms with Crippen molar-refractivity contribution in [1.82, 2.24) is 29.5 Å². The van der Waals surface area contributed by atoms with Crippen LogP contribution in [0.15, 0.2) is 6.07 Å².